The lowest BCUT2D eigenvalue weighted by atomic mass is 9.96. The van der Waals surface area contributed by atoms with Crippen LogP contribution in [0, 0.1) is 6.92 Å². The number of rotatable bonds is 4. The van der Waals surface area contributed by atoms with E-state index < -0.39 is 0 Å². The summed E-state index contributed by atoms with van der Waals surface area (Å²) in [7, 11) is 3.92. The molecule has 0 N–H and O–H groups in total. The molecule has 0 spiro atoms. The fourth-order valence-corrected chi connectivity index (χ4v) is 4.30. The first kappa shape index (κ1) is 18.4. The molecule has 1 aromatic carbocycles. The van der Waals surface area contributed by atoms with Crippen molar-refractivity contribution in [1.82, 2.24) is 19.8 Å². The van der Waals surface area contributed by atoms with Gasteiger partial charge in [-0.15, -0.1) is 0 Å². The Balaban J connectivity index is 1.47. The van der Waals surface area contributed by atoms with Crippen molar-refractivity contribution in [2.75, 3.05) is 33.8 Å². The van der Waals surface area contributed by atoms with Gasteiger partial charge >= 0.3 is 0 Å². The van der Waals surface area contributed by atoms with Crippen LogP contribution in [0.5, 0.6) is 5.75 Å². The molecule has 0 amide bonds. The molecule has 5 nitrogen and oxygen atoms in total. The fourth-order valence-electron chi connectivity index (χ4n) is 4.30. The monoisotopic (exact) mass is 366 g/mol. The second kappa shape index (κ2) is 7.95. The Morgan fingerprint density at radius 3 is 3.00 bits per heavy atom. The highest BCUT2D eigenvalue weighted by atomic mass is 16.5. The number of fused-ring (bicyclic) bond motifs is 1. The summed E-state index contributed by atoms with van der Waals surface area (Å²) in [5, 5.41) is 0. The maximum absolute atomic E-state index is 5.59. The molecule has 0 bridgehead atoms. The van der Waals surface area contributed by atoms with E-state index in [9.17, 15) is 0 Å². The normalized spacial score (nSPS) is 21.1. The van der Waals surface area contributed by atoms with Crippen LogP contribution in [0.3, 0.4) is 0 Å². The van der Waals surface area contributed by atoms with Gasteiger partial charge in [0.1, 0.15) is 11.6 Å². The van der Waals surface area contributed by atoms with Gasteiger partial charge in [0, 0.05) is 61.5 Å². The van der Waals surface area contributed by atoms with Crippen LogP contribution in [0.4, 0.5) is 0 Å². The number of aromatic nitrogens is 2. The maximum atomic E-state index is 5.59. The van der Waals surface area contributed by atoms with Crippen LogP contribution in [-0.4, -0.2) is 53.6 Å². The van der Waals surface area contributed by atoms with E-state index in [4.69, 9.17) is 14.7 Å². The van der Waals surface area contributed by atoms with Gasteiger partial charge in [-0.25, -0.2) is 9.97 Å². The summed E-state index contributed by atoms with van der Waals surface area (Å²) < 4.78 is 5.59. The van der Waals surface area contributed by atoms with Gasteiger partial charge in [0.05, 0.1) is 7.11 Å². The van der Waals surface area contributed by atoms with Crippen molar-refractivity contribution in [2.24, 2.45) is 0 Å². The van der Waals surface area contributed by atoms with E-state index in [2.05, 4.69) is 48.2 Å². The number of hydrogen-bond acceptors (Lipinski definition) is 5. The molecule has 2 aromatic rings. The highest BCUT2D eigenvalue weighted by Gasteiger charge is 2.25. The average Bonchev–Trinajstić information content (AvgIpc) is 2.69. The minimum absolute atomic E-state index is 0.431. The number of ether oxygens (including phenoxy) is 1. The molecule has 0 aliphatic carbocycles. The average molecular weight is 367 g/mol. The molecule has 3 heterocycles. The van der Waals surface area contributed by atoms with E-state index in [0.717, 1.165) is 50.7 Å². The predicted octanol–water partition coefficient (Wildman–Crippen LogP) is 3.16. The first-order valence-corrected chi connectivity index (χ1v) is 10.0. The summed E-state index contributed by atoms with van der Waals surface area (Å²) in [4.78, 5) is 14.6. The zero-order valence-electron chi connectivity index (χ0n) is 16.7. The summed E-state index contributed by atoms with van der Waals surface area (Å²) in [5.74, 6) is 2.46. The molecule has 144 valence electrons. The Morgan fingerprint density at radius 2 is 2.15 bits per heavy atom. The maximum Gasteiger partial charge on any atom is 0.132 e. The lowest BCUT2D eigenvalue weighted by Crippen LogP contribution is -2.35. The zero-order chi connectivity index (χ0) is 18.8. The topological polar surface area (TPSA) is 41.5 Å². The lowest BCUT2D eigenvalue weighted by Gasteiger charge is -2.33. The summed E-state index contributed by atoms with van der Waals surface area (Å²) in [6, 6.07) is 6.49. The van der Waals surface area contributed by atoms with E-state index in [0.29, 0.717) is 5.92 Å². The van der Waals surface area contributed by atoms with Crippen molar-refractivity contribution < 1.29 is 4.74 Å². The number of likely N-dealkylation sites (N-methyl/N-ethyl adjacent to an activating group) is 1. The number of aryl methyl sites for hydroxylation is 1. The van der Waals surface area contributed by atoms with Crippen LogP contribution >= 0.6 is 0 Å². The number of nitrogens with zero attached hydrogens (tertiary/aromatic N) is 4. The van der Waals surface area contributed by atoms with Crippen molar-refractivity contribution in [1.29, 1.82) is 0 Å². The Kier molecular flexibility index (Phi) is 5.41. The van der Waals surface area contributed by atoms with Gasteiger partial charge in [-0.05, 0) is 45.0 Å². The largest absolute Gasteiger partial charge is 0.496 e. The Bertz CT molecular complexity index is 807. The molecule has 0 saturated carbocycles. The van der Waals surface area contributed by atoms with Crippen molar-refractivity contribution >= 4 is 0 Å². The van der Waals surface area contributed by atoms with Crippen molar-refractivity contribution in [3.05, 3.63) is 52.6 Å². The lowest BCUT2D eigenvalue weighted by molar-refractivity contribution is 0.194. The fraction of sp³-hybridized carbons (Fsp3) is 0.545. The van der Waals surface area contributed by atoms with Gasteiger partial charge in [-0.3, -0.25) is 4.90 Å². The molecule has 1 fully saturated rings. The molecule has 0 radical (unpaired) electrons. The van der Waals surface area contributed by atoms with E-state index in [1.165, 1.54) is 35.2 Å². The van der Waals surface area contributed by atoms with Crippen LogP contribution in [0.2, 0.25) is 0 Å². The quantitative estimate of drug-likeness (QED) is 0.831. The second-order valence-electron chi connectivity index (χ2n) is 8.08. The number of piperidine rings is 1. The van der Waals surface area contributed by atoms with Gasteiger partial charge in [0.15, 0.2) is 0 Å². The number of likely N-dealkylation sites (tertiary alicyclic amines) is 1. The molecule has 1 atom stereocenters. The SMILES string of the molecule is COc1cc(C)ccc1CN1CCC[C@H](c2ncc3c(n2)CCN(C)C3)C1. The Morgan fingerprint density at radius 1 is 1.26 bits per heavy atom. The smallest absolute Gasteiger partial charge is 0.132 e. The first-order valence-electron chi connectivity index (χ1n) is 10.0. The first-order chi connectivity index (χ1) is 13.1. The van der Waals surface area contributed by atoms with E-state index in [1.54, 1.807) is 7.11 Å². The van der Waals surface area contributed by atoms with Crippen molar-refractivity contribution in [3.63, 3.8) is 0 Å². The zero-order valence-corrected chi connectivity index (χ0v) is 16.7. The standard InChI is InChI=1S/C22H30N4O/c1-16-6-7-17(21(11-16)27-3)14-26-9-4-5-18(15-26)22-23-12-19-13-25(2)10-8-20(19)24-22/h6-7,11-12,18H,4-5,8-10,13-15H2,1-3H3/t18-/m0/s1. The molecular formula is C22H30N4O. The molecule has 5 heteroatoms. The third-order valence-electron chi connectivity index (χ3n) is 5.85. The molecule has 2 aliphatic rings. The highest BCUT2D eigenvalue weighted by Crippen LogP contribution is 2.29. The van der Waals surface area contributed by atoms with E-state index in [1.807, 2.05) is 0 Å². The minimum atomic E-state index is 0.431. The van der Waals surface area contributed by atoms with Crippen LogP contribution in [-0.2, 0) is 19.5 Å². The van der Waals surface area contributed by atoms with Crippen LogP contribution in [0.15, 0.2) is 24.4 Å². The number of hydrogen-bond donors (Lipinski definition) is 0. The van der Waals surface area contributed by atoms with Crippen molar-refractivity contribution in [2.45, 2.75) is 45.2 Å². The Labute approximate surface area is 162 Å². The molecule has 0 unspecified atom stereocenters. The van der Waals surface area contributed by atoms with Gasteiger partial charge < -0.3 is 9.64 Å². The molecule has 27 heavy (non-hydrogen) atoms. The minimum Gasteiger partial charge on any atom is -0.496 e. The predicted molar refractivity (Wildman–Crippen MR) is 107 cm³/mol. The summed E-state index contributed by atoms with van der Waals surface area (Å²) in [5.41, 5.74) is 5.05. The van der Waals surface area contributed by atoms with Gasteiger partial charge in [0.25, 0.3) is 0 Å². The third-order valence-corrected chi connectivity index (χ3v) is 5.85. The van der Waals surface area contributed by atoms with Crippen molar-refractivity contribution in [3.8, 4) is 5.75 Å². The van der Waals surface area contributed by atoms with Crippen LogP contribution in [0.25, 0.3) is 0 Å². The van der Waals surface area contributed by atoms with Gasteiger partial charge in [-0.1, -0.05) is 12.1 Å². The van der Waals surface area contributed by atoms with E-state index >= 15 is 0 Å². The highest BCUT2D eigenvalue weighted by molar-refractivity contribution is 5.37. The molecule has 4 rings (SSSR count). The number of benzene rings is 1. The summed E-state index contributed by atoms with van der Waals surface area (Å²) >= 11 is 0. The molecular weight excluding hydrogens is 336 g/mol. The molecule has 2 aliphatic heterocycles. The van der Waals surface area contributed by atoms with Crippen LogP contribution < -0.4 is 4.74 Å². The summed E-state index contributed by atoms with van der Waals surface area (Å²) in [6.07, 6.45) is 5.48. The van der Waals surface area contributed by atoms with Crippen LogP contribution in [0.1, 0.15) is 47.0 Å². The molecule has 1 saturated heterocycles. The Hall–Kier alpha value is -1.98. The second-order valence-corrected chi connectivity index (χ2v) is 8.08. The van der Waals surface area contributed by atoms with E-state index in [-0.39, 0.29) is 0 Å². The third kappa shape index (κ3) is 4.14. The van der Waals surface area contributed by atoms with Gasteiger partial charge in [-0.2, -0.15) is 0 Å². The number of methoxy groups -OCH3 is 1. The summed E-state index contributed by atoms with van der Waals surface area (Å²) in [6.45, 7) is 7.25. The van der Waals surface area contributed by atoms with Gasteiger partial charge in [0.2, 0.25) is 0 Å². The molecule has 1 aromatic heterocycles.